The second-order valence-corrected chi connectivity index (χ2v) is 10.1. The maximum atomic E-state index is 12.8. The van der Waals surface area contributed by atoms with Crippen molar-refractivity contribution in [3.8, 4) is 0 Å². The van der Waals surface area contributed by atoms with Gasteiger partial charge in [-0.1, -0.05) is 26.7 Å². The Balaban J connectivity index is 2.29. The molecule has 31 heavy (non-hydrogen) atoms. The van der Waals surface area contributed by atoms with Crippen LogP contribution in [0.25, 0.3) is 0 Å². The molecule has 0 aromatic carbocycles. The summed E-state index contributed by atoms with van der Waals surface area (Å²) < 4.78 is 30.1. The Bertz CT molecular complexity index is 953. The molecular weight excluding hydrogens is 422 g/mol. The number of H-pyrrole nitrogens is 1. The van der Waals surface area contributed by atoms with Crippen molar-refractivity contribution in [1.82, 2.24) is 15.0 Å². The van der Waals surface area contributed by atoms with Crippen molar-refractivity contribution in [1.29, 1.82) is 0 Å². The van der Waals surface area contributed by atoms with Gasteiger partial charge in [0.1, 0.15) is 5.56 Å². The van der Waals surface area contributed by atoms with Crippen LogP contribution < -0.4 is 15.6 Å². The number of carbonyl (C=O) groups excluding carboxylic acids is 2. The highest BCUT2D eigenvalue weighted by Crippen LogP contribution is 2.24. The topological polar surface area (TPSA) is 134 Å². The van der Waals surface area contributed by atoms with Crippen LogP contribution >= 0.6 is 0 Å². The molecule has 2 rings (SSSR count). The Morgan fingerprint density at radius 3 is 2.45 bits per heavy atom. The maximum Gasteiger partial charge on any atom is 0.310 e. The minimum atomic E-state index is -3.31. The van der Waals surface area contributed by atoms with E-state index in [1.165, 1.54) is 0 Å². The SMILES string of the molecule is CC(C)C(=O)OCNC(=O)c1c(CCCNS(C)(=O)=O)c2c([nH]c1=O)CCCCCC2. The van der Waals surface area contributed by atoms with Crippen LogP contribution in [0.15, 0.2) is 4.79 Å². The molecule has 1 aliphatic rings. The number of esters is 1. The molecule has 0 bridgehead atoms. The smallest absolute Gasteiger partial charge is 0.310 e. The first-order valence-electron chi connectivity index (χ1n) is 10.8. The molecule has 1 aromatic heterocycles. The molecule has 0 fully saturated rings. The normalized spacial score (nSPS) is 14.5. The average Bonchev–Trinajstić information content (AvgIpc) is 2.65. The predicted octanol–water partition coefficient (Wildman–Crippen LogP) is 1.40. The fraction of sp³-hybridized carbons (Fsp3) is 0.667. The lowest BCUT2D eigenvalue weighted by Crippen LogP contribution is -2.35. The van der Waals surface area contributed by atoms with Gasteiger partial charge in [-0.05, 0) is 49.7 Å². The second kappa shape index (κ2) is 11.4. The van der Waals surface area contributed by atoms with Crippen LogP contribution in [0.2, 0.25) is 0 Å². The molecule has 1 aliphatic carbocycles. The van der Waals surface area contributed by atoms with Crippen molar-refractivity contribution >= 4 is 21.9 Å². The number of aromatic nitrogens is 1. The molecular formula is C21H33N3O6S. The van der Waals surface area contributed by atoms with Crippen LogP contribution in [0.1, 0.15) is 73.1 Å². The van der Waals surface area contributed by atoms with E-state index in [9.17, 15) is 22.8 Å². The number of rotatable bonds is 9. The van der Waals surface area contributed by atoms with Gasteiger partial charge in [0.05, 0.1) is 12.2 Å². The fourth-order valence-corrected chi connectivity index (χ4v) is 4.20. The number of carbonyl (C=O) groups is 2. The Morgan fingerprint density at radius 2 is 1.81 bits per heavy atom. The van der Waals surface area contributed by atoms with Gasteiger partial charge >= 0.3 is 5.97 Å². The molecule has 1 amide bonds. The van der Waals surface area contributed by atoms with Crippen LogP contribution in [0.3, 0.4) is 0 Å². The first kappa shape index (κ1) is 25.1. The lowest BCUT2D eigenvalue weighted by Gasteiger charge is -2.20. The summed E-state index contributed by atoms with van der Waals surface area (Å²) in [5.74, 6) is -1.37. The average molecular weight is 456 g/mol. The molecule has 0 unspecified atom stereocenters. The third-order valence-electron chi connectivity index (χ3n) is 5.24. The molecule has 10 heteroatoms. The molecule has 0 saturated heterocycles. The molecule has 1 heterocycles. The third kappa shape index (κ3) is 7.77. The largest absolute Gasteiger partial charge is 0.444 e. The van der Waals surface area contributed by atoms with Crippen LogP contribution in [-0.2, 0) is 38.8 Å². The number of amides is 1. The van der Waals surface area contributed by atoms with Gasteiger partial charge < -0.3 is 15.0 Å². The van der Waals surface area contributed by atoms with Crippen molar-refractivity contribution in [3.63, 3.8) is 0 Å². The summed E-state index contributed by atoms with van der Waals surface area (Å²) in [7, 11) is -3.31. The van der Waals surface area contributed by atoms with Gasteiger partial charge in [0.15, 0.2) is 6.73 Å². The van der Waals surface area contributed by atoms with Crippen LogP contribution in [0.5, 0.6) is 0 Å². The molecule has 174 valence electrons. The Labute approximate surface area is 183 Å². The summed E-state index contributed by atoms with van der Waals surface area (Å²) in [4.78, 5) is 40.1. The number of fused-ring (bicyclic) bond motifs is 1. The number of aryl methyl sites for hydroxylation is 1. The minimum Gasteiger partial charge on any atom is -0.444 e. The summed E-state index contributed by atoms with van der Waals surface area (Å²) in [6.45, 7) is 3.27. The molecule has 3 N–H and O–H groups in total. The molecule has 1 aromatic rings. The van der Waals surface area contributed by atoms with E-state index in [1.54, 1.807) is 13.8 Å². The molecule has 0 radical (unpaired) electrons. The number of pyridine rings is 1. The van der Waals surface area contributed by atoms with Gasteiger partial charge in [-0.3, -0.25) is 14.4 Å². The third-order valence-corrected chi connectivity index (χ3v) is 5.97. The maximum absolute atomic E-state index is 12.8. The van der Waals surface area contributed by atoms with Crippen molar-refractivity contribution in [2.24, 2.45) is 5.92 Å². The summed E-state index contributed by atoms with van der Waals surface area (Å²) in [6, 6.07) is 0. The van der Waals surface area contributed by atoms with Gasteiger partial charge in [0.25, 0.3) is 11.5 Å². The predicted molar refractivity (Wildman–Crippen MR) is 117 cm³/mol. The summed E-state index contributed by atoms with van der Waals surface area (Å²) in [5.41, 5.74) is 2.03. The van der Waals surface area contributed by atoms with E-state index < -0.39 is 27.5 Å². The molecule has 0 spiro atoms. The summed E-state index contributed by atoms with van der Waals surface area (Å²) in [6.07, 6.45) is 7.53. The quantitative estimate of drug-likeness (QED) is 0.293. The first-order valence-corrected chi connectivity index (χ1v) is 12.7. The number of aromatic amines is 1. The zero-order valence-electron chi connectivity index (χ0n) is 18.5. The van der Waals surface area contributed by atoms with Crippen molar-refractivity contribution < 1.29 is 22.7 Å². The van der Waals surface area contributed by atoms with E-state index in [1.807, 2.05) is 0 Å². The van der Waals surface area contributed by atoms with Gasteiger partial charge in [0, 0.05) is 12.2 Å². The van der Waals surface area contributed by atoms with Crippen LogP contribution in [0, 0.1) is 5.92 Å². The van der Waals surface area contributed by atoms with Crippen molar-refractivity contribution in [2.45, 2.75) is 65.2 Å². The standard InChI is InChI=1S/C21H33N3O6S/c1-14(2)21(27)30-13-22-19(25)18-16(10-8-12-23-31(3,28)29)15-9-6-4-5-7-11-17(15)24-20(18)26/h14,23H,4-13H2,1-3H3,(H,22,25)(H,24,26). The van der Waals surface area contributed by atoms with Crippen molar-refractivity contribution in [3.05, 3.63) is 32.7 Å². The lowest BCUT2D eigenvalue weighted by molar-refractivity contribution is -0.147. The highest BCUT2D eigenvalue weighted by molar-refractivity contribution is 7.88. The summed E-state index contributed by atoms with van der Waals surface area (Å²) in [5, 5.41) is 2.50. The lowest BCUT2D eigenvalue weighted by atomic mass is 9.89. The van der Waals surface area contributed by atoms with E-state index in [-0.39, 0.29) is 24.8 Å². The molecule has 0 atom stereocenters. The van der Waals surface area contributed by atoms with Gasteiger partial charge in [0.2, 0.25) is 10.0 Å². The number of hydrogen-bond donors (Lipinski definition) is 3. The number of nitrogens with one attached hydrogen (secondary N) is 3. The van der Waals surface area contributed by atoms with Crippen LogP contribution in [-0.4, -0.2) is 44.8 Å². The van der Waals surface area contributed by atoms with E-state index in [0.29, 0.717) is 18.4 Å². The Morgan fingerprint density at radius 1 is 1.13 bits per heavy atom. The summed E-state index contributed by atoms with van der Waals surface area (Å²) >= 11 is 0. The van der Waals surface area contributed by atoms with E-state index in [0.717, 1.165) is 56.0 Å². The Hall–Kier alpha value is -2.20. The monoisotopic (exact) mass is 455 g/mol. The van der Waals surface area contributed by atoms with Gasteiger partial charge in [-0.2, -0.15) is 0 Å². The molecule has 0 aliphatic heterocycles. The second-order valence-electron chi connectivity index (χ2n) is 8.22. The van der Waals surface area contributed by atoms with Gasteiger partial charge in [-0.25, -0.2) is 13.1 Å². The van der Waals surface area contributed by atoms with E-state index in [2.05, 4.69) is 15.0 Å². The highest BCUT2D eigenvalue weighted by Gasteiger charge is 2.23. The zero-order chi connectivity index (χ0) is 23.0. The number of sulfonamides is 1. The van der Waals surface area contributed by atoms with Crippen LogP contribution in [0.4, 0.5) is 0 Å². The highest BCUT2D eigenvalue weighted by atomic mass is 32.2. The first-order chi connectivity index (χ1) is 14.6. The number of ether oxygens (including phenoxy) is 1. The Kier molecular flexibility index (Phi) is 9.24. The van der Waals surface area contributed by atoms with Gasteiger partial charge in [-0.15, -0.1) is 0 Å². The zero-order valence-corrected chi connectivity index (χ0v) is 19.3. The number of hydrogen-bond acceptors (Lipinski definition) is 6. The van der Waals surface area contributed by atoms with E-state index in [4.69, 9.17) is 4.74 Å². The fourth-order valence-electron chi connectivity index (χ4n) is 3.68. The van der Waals surface area contributed by atoms with Crippen molar-refractivity contribution in [2.75, 3.05) is 19.5 Å². The minimum absolute atomic E-state index is 0.0132. The molecule has 0 saturated carbocycles. The van der Waals surface area contributed by atoms with E-state index >= 15 is 0 Å². The molecule has 9 nitrogen and oxygen atoms in total.